The zero-order chi connectivity index (χ0) is 15.2. The molecular formula is C16H32N3V. The van der Waals surface area contributed by atoms with Crippen LogP contribution in [0.5, 0.6) is 0 Å². The van der Waals surface area contributed by atoms with E-state index in [1.165, 1.54) is 0 Å². The third-order valence-electron chi connectivity index (χ3n) is 3.82. The van der Waals surface area contributed by atoms with Gasteiger partial charge >= 0.3 is 128 Å². The Morgan fingerprint density at radius 3 is 1.60 bits per heavy atom. The monoisotopic (exact) mass is 317 g/mol. The summed E-state index contributed by atoms with van der Waals surface area (Å²) < 4.78 is 11.3. The van der Waals surface area contributed by atoms with Crippen molar-refractivity contribution in [2.75, 3.05) is 26.2 Å². The molecule has 0 aromatic rings. The van der Waals surface area contributed by atoms with Crippen LogP contribution in [0.3, 0.4) is 0 Å². The second-order valence-corrected chi connectivity index (χ2v) is 10.3. The normalized spacial score (nSPS) is 16.1. The molecule has 0 heterocycles. The van der Waals surface area contributed by atoms with Gasteiger partial charge in [-0.15, -0.1) is 0 Å². The first-order valence-electron chi connectivity index (χ1n) is 8.03. The molecule has 0 aromatic carbocycles. The van der Waals surface area contributed by atoms with Crippen LogP contribution >= 0.6 is 0 Å². The molecular weight excluding hydrogens is 285 g/mol. The van der Waals surface area contributed by atoms with E-state index in [0.29, 0.717) is 10.7 Å². The van der Waals surface area contributed by atoms with Gasteiger partial charge < -0.3 is 0 Å². The number of rotatable bonds is 8. The van der Waals surface area contributed by atoms with Crippen molar-refractivity contribution >= 4 is 0 Å². The van der Waals surface area contributed by atoms with Crippen molar-refractivity contribution in [3.8, 4) is 0 Å². The van der Waals surface area contributed by atoms with Crippen LogP contribution in [0.25, 0.3) is 0 Å². The van der Waals surface area contributed by atoms with Crippen molar-refractivity contribution in [1.29, 1.82) is 0 Å². The van der Waals surface area contributed by atoms with E-state index in [1.807, 2.05) is 0 Å². The van der Waals surface area contributed by atoms with Crippen molar-refractivity contribution < 1.29 is 14.3 Å². The molecule has 4 heteroatoms. The maximum atomic E-state index is 5.40. The summed E-state index contributed by atoms with van der Waals surface area (Å²) in [5.41, 5.74) is 0. The van der Waals surface area contributed by atoms with Gasteiger partial charge in [0.25, 0.3) is 0 Å². The van der Waals surface area contributed by atoms with Gasteiger partial charge in [0.05, 0.1) is 0 Å². The zero-order valence-electron chi connectivity index (χ0n) is 14.1. The molecule has 0 bridgehead atoms. The minimum absolute atomic E-state index is 0.395. The minimum atomic E-state index is -2.50. The quantitative estimate of drug-likeness (QED) is 0.669. The van der Waals surface area contributed by atoms with Crippen molar-refractivity contribution in [2.24, 2.45) is 3.79 Å². The molecule has 1 rings (SSSR count). The van der Waals surface area contributed by atoms with Crippen LogP contribution in [0.15, 0.2) is 28.1 Å². The van der Waals surface area contributed by atoms with Gasteiger partial charge in [0.1, 0.15) is 0 Å². The zero-order valence-corrected chi connectivity index (χ0v) is 15.5. The Balaban J connectivity index is 3.46. The van der Waals surface area contributed by atoms with Crippen molar-refractivity contribution in [3.63, 3.8) is 0 Å². The predicted molar refractivity (Wildman–Crippen MR) is 85.4 cm³/mol. The number of hydrogen-bond donors (Lipinski definition) is 0. The van der Waals surface area contributed by atoms with Gasteiger partial charge in [-0.05, 0) is 0 Å². The van der Waals surface area contributed by atoms with E-state index in [9.17, 15) is 0 Å². The summed E-state index contributed by atoms with van der Waals surface area (Å²) in [5.74, 6) is 0. The van der Waals surface area contributed by atoms with Crippen LogP contribution in [0.1, 0.15) is 41.5 Å². The van der Waals surface area contributed by atoms with E-state index in [0.717, 1.165) is 26.2 Å². The van der Waals surface area contributed by atoms with Crippen LogP contribution in [0, 0.1) is 0 Å². The number of nitrogens with zero attached hydrogens (tertiary/aromatic N) is 3. The SMILES string of the molecule is CC[N](CC)[V](=[N]C(C)C)([CH]1C=CC=C1)[N](CC)CC. The van der Waals surface area contributed by atoms with Crippen LogP contribution in [0.2, 0.25) is 4.63 Å². The Morgan fingerprint density at radius 1 is 0.900 bits per heavy atom. The molecule has 0 fully saturated rings. The molecule has 1 aliphatic rings. The molecule has 20 heavy (non-hydrogen) atoms. The van der Waals surface area contributed by atoms with Crippen LogP contribution in [-0.2, 0) is 14.3 Å². The average Bonchev–Trinajstić information content (AvgIpc) is 2.94. The summed E-state index contributed by atoms with van der Waals surface area (Å²) in [6.07, 6.45) is 9.14. The maximum absolute atomic E-state index is 5.40. The Bertz CT molecular complexity index is 363. The Labute approximate surface area is 128 Å². The predicted octanol–water partition coefficient (Wildman–Crippen LogP) is 4.16. The Kier molecular flexibility index (Phi) is 7.39. The third-order valence-corrected chi connectivity index (χ3v) is 11.2. The van der Waals surface area contributed by atoms with Gasteiger partial charge in [-0.1, -0.05) is 0 Å². The Morgan fingerprint density at radius 2 is 1.30 bits per heavy atom. The van der Waals surface area contributed by atoms with E-state index in [1.54, 1.807) is 0 Å². The fraction of sp³-hybridized carbons (Fsp3) is 0.750. The van der Waals surface area contributed by atoms with E-state index in [-0.39, 0.29) is 0 Å². The molecule has 0 unspecified atom stereocenters. The van der Waals surface area contributed by atoms with Crippen molar-refractivity contribution in [1.82, 2.24) is 7.50 Å². The number of hydrogen-bond acceptors (Lipinski definition) is 1. The summed E-state index contributed by atoms with van der Waals surface area (Å²) in [5, 5.41) is 0. The summed E-state index contributed by atoms with van der Waals surface area (Å²) in [4.78, 5) is 0. The van der Waals surface area contributed by atoms with Crippen LogP contribution < -0.4 is 0 Å². The third kappa shape index (κ3) is 3.51. The van der Waals surface area contributed by atoms with Crippen molar-refractivity contribution in [2.45, 2.75) is 52.2 Å². The van der Waals surface area contributed by atoms with Gasteiger partial charge in [-0.25, -0.2) is 0 Å². The molecule has 0 amide bonds. The Hall–Kier alpha value is -0.216. The van der Waals surface area contributed by atoms with E-state index in [4.69, 9.17) is 3.79 Å². The fourth-order valence-electron chi connectivity index (χ4n) is 3.05. The van der Waals surface area contributed by atoms with E-state index in [2.05, 4.69) is 73.3 Å². The van der Waals surface area contributed by atoms with Gasteiger partial charge in [0.15, 0.2) is 0 Å². The molecule has 0 atom stereocenters. The molecule has 0 radical (unpaired) electrons. The molecule has 116 valence electrons. The number of allylic oxidation sites excluding steroid dienone is 4. The topological polar surface area (TPSA) is 18.8 Å². The second kappa shape index (κ2) is 8.28. The van der Waals surface area contributed by atoms with Crippen LogP contribution in [-0.4, -0.2) is 39.7 Å². The van der Waals surface area contributed by atoms with E-state index >= 15 is 0 Å². The summed E-state index contributed by atoms with van der Waals surface area (Å²) >= 11 is -2.50. The average molecular weight is 317 g/mol. The molecule has 1 aliphatic carbocycles. The molecule has 0 spiro atoms. The molecule has 0 aliphatic heterocycles. The fourth-order valence-corrected chi connectivity index (χ4v) is 10.2. The first kappa shape index (κ1) is 17.8. The molecule has 0 aromatic heterocycles. The second-order valence-electron chi connectivity index (χ2n) is 5.36. The summed E-state index contributed by atoms with van der Waals surface area (Å²) in [6, 6.07) is 0.395. The standard InChI is InChI=1S/C5H5.2C4H10N.C3H7N.V/c1-2-4-5-3-1;2*1-3-5-4-2;1-3(2)4;/h1-5H;2*3-4H2,1-2H3;3H,1-2H3;/q;2*-1;;+2. The van der Waals surface area contributed by atoms with Gasteiger partial charge in [0, 0.05) is 0 Å². The first-order chi connectivity index (χ1) is 9.56. The van der Waals surface area contributed by atoms with E-state index < -0.39 is 14.3 Å². The summed E-state index contributed by atoms with van der Waals surface area (Å²) in [7, 11) is 0. The molecule has 0 N–H and O–H groups in total. The molecule has 3 nitrogen and oxygen atoms in total. The molecule has 0 saturated heterocycles. The van der Waals surface area contributed by atoms with Crippen LogP contribution in [0.4, 0.5) is 0 Å². The van der Waals surface area contributed by atoms with Gasteiger partial charge in [0.2, 0.25) is 0 Å². The summed E-state index contributed by atoms with van der Waals surface area (Å²) in [6.45, 7) is 17.9. The van der Waals surface area contributed by atoms with Crippen molar-refractivity contribution in [3.05, 3.63) is 24.3 Å². The first-order valence-corrected chi connectivity index (χ1v) is 10.7. The molecule has 0 saturated carbocycles. The van der Waals surface area contributed by atoms with Gasteiger partial charge in [-0.3, -0.25) is 0 Å². The van der Waals surface area contributed by atoms with Gasteiger partial charge in [-0.2, -0.15) is 0 Å².